The second-order valence-corrected chi connectivity index (χ2v) is 3.87. The molecule has 0 heterocycles. The fourth-order valence-corrected chi connectivity index (χ4v) is 1.73. The Morgan fingerprint density at radius 1 is 1.50 bits per heavy atom. The van der Waals surface area contributed by atoms with Gasteiger partial charge in [0.05, 0.1) is 5.41 Å². The van der Waals surface area contributed by atoms with Crippen LogP contribution < -0.4 is 0 Å². The Morgan fingerprint density at radius 3 is 2.57 bits per heavy atom. The number of halogens is 1. The van der Waals surface area contributed by atoms with Crippen molar-refractivity contribution in [2.75, 3.05) is 0 Å². The van der Waals surface area contributed by atoms with Crippen molar-refractivity contribution < 1.29 is 14.3 Å². The lowest BCUT2D eigenvalue weighted by atomic mass is 9.95. The van der Waals surface area contributed by atoms with Gasteiger partial charge in [0.15, 0.2) is 0 Å². The van der Waals surface area contributed by atoms with Crippen molar-refractivity contribution in [3.63, 3.8) is 0 Å². The van der Waals surface area contributed by atoms with Crippen molar-refractivity contribution in [1.82, 2.24) is 0 Å². The normalized spacial score (nSPS) is 17.9. The summed E-state index contributed by atoms with van der Waals surface area (Å²) >= 11 is 0. The minimum atomic E-state index is -0.933. The number of aliphatic carboxylic acids is 1. The lowest BCUT2D eigenvalue weighted by Crippen LogP contribution is -2.20. The smallest absolute Gasteiger partial charge is 0.314 e. The minimum absolute atomic E-state index is 0.329. The van der Waals surface area contributed by atoms with Crippen molar-refractivity contribution in [3.05, 3.63) is 35.1 Å². The Balaban J connectivity index is 2.47. The lowest BCUT2D eigenvalue weighted by Gasteiger charge is -2.11. The van der Waals surface area contributed by atoms with E-state index in [1.807, 2.05) is 0 Å². The minimum Gasteiger partial charge on any atom is -0.481 e. The van der Waals surface area contributed by atoms with E-state index in [2.05, 4.69) is 0 Å². The van der Waals surface area contributed by atoms with Crippen LogP contribution in [0.15, 0.2) is 18.2 Å². The number of carbonyl (C=O) groups is 1. The molecule has 0 radical (unpaired) electrons. The quantitative estimate of drug-likeness (QED) is 0.784. The molecule has 1 aliphatic rings. The average Bonchev–Trinajstić information content (AvgIpc) is 2.84. The molecule has 0 saturated heterocycles. The van der Waals surface area contributed by atoms with Crippen LogP contribution >= 0.6 is 0 Å². The highest BCUT2D eigenvalue weighted by Crippen LogP contribution is 2.49. The third kappa shape index (κ3) is 1.20. The van der Waals surface area contributed by atoms with E-state index in [0.717, 1.165) is 5.56 Å². The van der Waals surface area contributed by atoms with Crippen molar-refractivity contribution in [1.29, 1.82) is 0 Å². The molecular weight excluding hydrogens is 183 g/mol. The second-order valence-electron chi connectivity index (χ2n) is 3.87. The van der Waals surface area contributed by atoms with Crippen LogP contribution in [0.2, 0.25) is 0 Å². The molecule has 2 rings (SSSR count). The van der Waals surface area contributed by atoms with Gasteiger partial charge in [-0.05, 0) is 31.4 Å². The van der Waals surface area contributed by atoms with Crippen LogP contribution in [0.3, 0.4) is 0 Å². The van der Waals surface area contributed by atoms with E-state index >= 15 is 0 Å². The molecule has 0 atom stereocenters. The van der Waals surface area contributed by atoms with Crippen LogP contribution in [0.5, 0.6) is 0 Å². The standard InChI is InChI=1S/C11H11FO2/c1-7-2-3-8(9(12)6-7)11(4-5-11)10(13)14/h2-3,6H,4-5H2,1H3,(H,13,14). The number of benzene rings is 1. The van der Waals surface area contributed by atoms with Gasteiger partial charge >= 0.3 is 5.97 Å². The third-order valence-corrected chi connectivity index (χ3v) is 2.80. The van der Waals surface area contributed by atoms with Gasteiger partial charge in [0.2, 0.25) is 0 Å². The summed E-state index contributed by atoms with van der Waals surface area (Å²) in [6.07, 6.45) is 1.09. The molecule has 0 spiro atoms. The summed E-state index contributed by atoms with van der Waals surface area (Å²) in [6, 6.07) is 4.73. The molecule has 0 bridgehead atoms. The van der Waals surface area contributed by atoms with Crippen LogP contribution in [0.1, 0.15) is 24.0 Å². The maximum absolute atomic E-state index is 13.5. The molecule has 1 fully saturated rings. The molecule has 3 heteroatoms. The maximum atomic E-state index is 13.5. The first-order chi connectivity index (χ1) is 6.56. The Hall–Kier alpha value is -1.38. The average molecular weight is 194 g/mol. The van der Waals surface area contributed by atoms with Crippen molar-refractivity contribution >= 4 is 5.97 Å². The topological polar surface area (TPSA) is 37.3 Å². The molecule has 1 aromatic carbocycles. The summed E-state index contributed by atoms with van der Waals surface area (Å²) < 4.78 is 13.5. The summed E-state index contributed by atoms with van der Waals surface area (Å²) in [5.74, 6) is -1.31. The summed E-state index contributed by atoms with van der Waals surface area (Å²) in [4.78, 5) is 11.0. The van der Waals surface area contributed by atoms with E-state index < -0.39 is 17.2 Å². The summed E-state index contributed by atoms with van der Waals surface area (Å²) in [7, 11) is 0. The van der Waals surface area contributed by atoms with Crippen molar-refractivity contribution in [2.24, 2.45) is 0 Å². The first-order valence-corrected chi connectivity index (χ1v) is 4.56. The molecular formula is C11H11FO2. The number of carboxylic acids is 1. The maximum Gasteiger partial charge on any atom is 0.314 e. The number of hydrogen-bond acceptors (Lipinski definition) is 1. The fraction of sp³-hybridized carbons (Fsp3) is 0.364. The van der Waals surface area contributed by atoms with Crippen LogP contribution in [-0.4, -0.2) is 11.1 Å². The Labute approximate surface area is 81.4 Å². The van der Waals surface area contributed by atoms with Gasteiger partial charge in [0.25, 0.3) is 0 Å². The number of carboxylic acid groups (broad SMARTS) is 1. The number of hydrogen-bond donors (Lipinski definition) is 1. The van der Waals surface area contributed by atoms with E-state index in [0.29, 0.717) is 18.4 Å². The van der Waals surface area contributed by atoms with Gasteiger partial charge in [0, 0.05) is 5.56 Å². The highest BCUT2D eigenvalue weighted by atomic mass is 19.1. The highest BCUT2D eigenvalue weighted by molar-refractivity contribution is 5.85. The fourth-order valence-electron chi connectivity index (χ4n) is 1.73. The van der Waals surface area contributed by atoms with Crippen LogP contribution in [0.4, 0.5) is 4.39 Å². The molecule has 74 valence electrons. The van der Waals surface area contributed by atoms with Gasteiger partial charge < -0.3 is 5.11 Å². The third-order valence-electron chi connectivity index (χ3n) is 2.80. The van der Waals surface area contributed by atoms with Gasteiger partial charge in [-0.2, -0.15) is 0 Å². The van der Waals surface area contributed by atoms with Gasteiger partial charge in [-0.25, -0.2) is 4.39 Å². The molecule has 2 nitrogen and oxygen atoms in total. The van der Waals surface area contributed by atoms with E-state index in [1.165, 1.54) is 6.07 Å². The van der Waals surface area contributed by atoms with Gasteiger partial charge in [-0.1, -0.05) is 12.1 Å². The van der Waals surface area contributed by atoms with Crippen LogP contribution in [0.25, 0.3) is 0 Å². The highest BCUT2D eigenvalue weighted by Gasteiger charge is 2.53. The first-order valence-electron chi connectivity index (χ1n) is 4.56. The Morgan fingerprint density at radius 2 is 2.14 bits per heavy atom. The molecule has 14 heavy (non-hydrogen) atoms. The van der Waals surface area contributed by atoms with Gasteiger partial charge in [0.1, 0.15) is 5.82 Å². The van der Waals surface area contributed by atoms with Gasteiger partial charge in [-0.15, -0.1) is 0 Å². The summed E-state index contributed by atoms with van der Waals surface area (Å²) in [5.41, 5.74) is 0.209. The van der Waals surface area contributed by atoms with E-state index in [-0.39, 0.29) is 0 Å². The summed E-state index contributed by atoms with van der Waals surface area (Å²) in [5, 5.41) is 8.98. The lowest BCUT2D eigenvalue weighted by molar-refractivity contribution is -0.140. The number of aryl methyl sites for hydroxylation is 1. The van der Waals surface area contributed by atoms with E-state index in [1.54, 1.807) is 19.1 Å². The number of rotatable bonds is 2. The van der Waals surface area contributed by atoms with Crippen LogP contribution in [-0.2, 0) is 10.2 Å². The molecule has 1 aliphatic carbocycles. The molecule has 0 unspecified atom stereocenters. The van der Waals surface area contributed by atoms with Gasteiger partial charge in [-0.3, -0.25) is 4.79 Å². The second kappa shape index (κ2) is 2.80. The zero-order valence-corrected chi connectivity index (χ0v) is 7.88. The molecule has 0 amide bonds. The Bertz CT molecular complexity index is 394. The molecule has 1 aromatic rings. The predicted octanol–water partition coefficient (Wildman–Crippen LogP) is 2.25. The SMILES string of the molecule is Cc1ccc(C2(C(=O)O)CC2)c(F)c1. The molecule has 0 aromatic heterocycles. The molecule has 1 N–H and O–H groups in total. The zero-order valence-electron chi connectivity index (χ0n) is 7.88. The molecule has 0 aliphatic heterocycles. The van der Waals surface area contributed by atoms with E-state index in [4.69, 9.17) is 5.11 Å². The molecule has 1 saturated carbocycles. The Kier molecular flexibility index (Phi) is 1.84. The monoisotopic (exact) mass is 194 g/mol. The summed E-state index contributed by atoms with van der Waals surface area (Å²) in [6.45, 7) is 1.78. The van der Waals surface area contributed by atoms with E-state index in [9.17, 15) is 9.18 Å². The largest absolute Gasteiger partial charge is 0.481 e. The van der Waals surface area contributed by atoms with Crippen LogP contribution in [0, 0.1) is 12.7 Å². The first kappa shape index (κ1) is 9.19. The van der Waals surface area contributed by atoms with Crippen molar-refractivity contribution in [3.8, 4) is 0 Å². The van der Waals surface area contributed by atoms with Crippen molar-refractivity contribution in [2.45, 2.75) is 25.2 Å². The zero-order chi connectivity index (χ0) is 10.3. The predicted molar refractivity (Wildman–Crippen MR) is 49.7 cm³/mol.